The number of carbonyl (C=O) groups excluding carboxylic acids is 2. The fourth-order valence-electron chi connectivity index (χ4n) is 2.97. The molecule has 1 amide bonds. The highest BCUT2D eigenvalue weighted by molar-refractivity contribution is 5.82. The highest BCUT2D eigenvalue weighted by Crippen LogP contribution is 2.13. The van der Waals surface area contributed by atoms with E-state index in [4.69, 9.17) is 4.74 Å². The Balaban J connectivity index is 3.76. The molecule has 154 valence electrons. The molecule has 0 radical (unpaired) electrons. The molecule has 0 fully saturated rings. The van der Waals surface area contributed by atoms with Crippen molar-refractivity contribution in [2.75, 3.05) is 13.1 Å². The predicted molar refractivity (Wildman–Crippen MR) is 110 cm³/mol. The summed E-state index contributed by atoms with van der Waals surface area (Å²) in [5, 5.41) is 0. The molecule has 0 atom stereocenters. The van der Waals surface area contributed by atoms with Gasteiger partial charge in [0, 0.05) is 6.54 Å². The maximum atomic E-state index is 12.2. The van der Waals surface area contributed by atoms with Crippen molar-refractivity contribution in [2.24, 2.45) is 0 Å². The second kappa shape index (κ2) is 15.0. The molecule has 0 heterocycles. The summed E-state index contributed by atoms with van der Waals surface area (Å²) in [7, 11) is 0. The number of hydrogen-bond acceptors (Lipinski definition) is 3. The van der Waals surface area contributed by atoms with E-state index in [-0.39, 0.29) is 18.4 Å². The SMILES string of the molecule is CCCCCCCCCCCCCCN(CC(C)=O)C(=O)OC(C)(C)C. The van der Waals surface area contributed by atoms with Crippen molar-refractivity contribution < 1.29 is 14.3 Å². The van der Waals surface area contributed by atoms with Crippen molar-refractivity contribution in [3.05, 3.63) is 0 Å². The summed E-state index contributed by atoms with van der Waals surface area (Å²) >= 11 is 0. The maximum absolute atomic E-state index is 12.2. The van der Waals surface area contributed by atoms with Crippen LogP contribution in [0.2, 0.25) is 0 Å². The molecule has 26 heavy (non-hydrogen) atoms. The number of carbonyl (C=O) groups is 2. The Morgan fingerprint density at radius 1 is 0.769 bits per heavy atom. The Hall–Kier alpha value is -1.06. The molecule has 0 saturated carbocycles. The Labute approximate surface area is 162 Å². The zero-order valence-corrected chi connectivity index (χ0v) is 18.1. The van der Waals surface area contributed by atoms with Gasteiger partial charge in [-0.1, -0.05) is 77.6 Å². The molecular weight excluding hydrogens is 326 g/mol. The minimum Gasteiger partial charge on any atom is -0.444 e. The summed E-state index contributed by atoms with van der Waals surface area (Å²) in [5.41, 5.74) is -0.525. The Kier molecular flexibility index (Phi) is 14.4. The fourth-order valence-corrected chi connectivity index (χ4v) is 2.97. The third kappa shape index (κ3) is 16.4. The molecule has 0 rings (SSSR count). The Morgan fingerprint density at radius 3 is 1.58 bits per heavy atom. The summed E-state index contributed by atoms with van der Waals surface area (Å²) in [6.07, 6.45) is 15.0. The second-order valence-corrected chi connectivity index (χ2v) is 8.49. The molecule has 0 bridgehead atoms. The molecule has 0 saturated heterocycles. The molecule has 0 N–H and O–H groups in total. The van der Waals surface area contributed by atoms with Crippen LogP contribution in [0, 0.1) is 0 Å². The molecule has 0 aromatic heterocycles. The summed E-state index contributed by atoms with van der Waals surface area (Å²) < 4.78 is 5.39. The Bertz CT molecular complexity index is 374. The summed E-state index contributed by atoms with van der Waals surface area (Å²) in [5.74, 6) is -0.00482. The van der Waals surface area contributed by atoms with Gasteiger partial charge < -0.3 is 9.64 Å². The molecule has 4 nitrogen and oxygen atoms in total. The molecular formula is C22H43NO3. The zero-order valence-electron chi connectivity index (χ0n) is 18.1. The van der Waals surface area contributed by atoms with E-state index >= 15 is 0 Å². The molecule has 0 spiro atoms. The van der Waals surface area contributed by atoms with Crippen molar-refractivity contribution in [1.82, 2.24) is 4.90 Å². The smallest absolute Gasteiger partial charge is 0.410 e. The van der Waals surface area contributed by atoms with Crippen LogP contribution in [0.1, 0.15) is 112 Å². The van der Waals surface area contributed by atoms with E-state index in [0.717, 1.165) is 12.8 Å². The van der Waals surface area contributed by atoms with Crippen LogP contribution in [0.25, 0.3) is 0 Å². The van der Waals surface area contributed by atoms with E-state index in [9.17, 15) is 9.59 Å². The van der Waals surface area contributed by atoms with Crippen molar-refractivity contribution in [3.63, 3.8) is 0 Å². The van der Waals surface area contributed by atoms with Gasteiger partial charge in [0.1, 0.15) is 11.4 Å². The van der Waals surface area contributed by atoms with Gasteiger partial charge in [0.05, 0.1) is 6.54 Å². The lowest BCUT2D eigenvalue weighted by Gasteiger charge is -2.26. The monoisotopic (exact) mass is 369 g/mol. The topological polar surface area (TPSA) is 46.6 Å². The van der Waals surface area contributed by atoms with Gasteiger partial charge in [-0.2, -0.15) is 0 Å². The zero-order chi connectivity index (χ0) is 19.8. The first-order valence-electron chi connectivity index (χ1n) is 10.7. The molecule has 4 heteroatoms. The largest absolute Gasteiger partial charge is 0.444 e. The first-order chi connectivity index (χ1) is 12.3. The number of ketones is 1. The average molecular weight is 370 g/mol. The second-order valence-electron chi connectivity index (χ2n) is 8.49. The molecule has 0 aromatic rings. The van der Waals surface area contributed by atoms with Gasteiger partial charge in [-0.3, -0.25) is 4.79 Å². The van der Waals surface area contributed by atoms with E-state index in [0.29, 0.717) is 6.54 Å². The van der Waals surface area contributed by atoms with Gasteiger partial charge in [-0.05, 0) is 34.1 Å². The highest BCUT2D eigenvalue weighted by atomic mass is 16.6. The van der Waals surface area contributed by atoms with Crippen molar-refractivity contribution in [2.45, 2.75) is 117 Å². The molecule has 0 aliphatic heterocycles. The fraction of sp³-hybridized carbons (Fsp3) is 0.909. The molecule has 0 aliphatic rings. The average Bonchev–Trinajstić information content (AvgIpc) is 2.52. The summed E-state index contributed by atoms with van der Waals surface area (Å²) in [6.45, 7) is 10.1. The van der Waals surface area contributed by atoms with Crippen LogP contribution in [0.15, 0.2) is 0 Å². The minimum atomic E-state index is -0.525. The van der Waals surface area contributed by atoms with E-state index < -0.39 is 5.60 Å². The predicted octanol–water partition coefficient (Wildman–Crippen LogP) is 6.51. The van der Waals surface area contributed by atoms with Gasteiger partial charge in [0.25, 0.3) is 0 Å². The standard InChI is InChI=1S/C22H43NO3/c1-6-7-8-9-10-11-12-13-14-15-16-17-18-23(19-20(2)24)21(25)26-22(3,4)5/h6-19H2,1-5H3. The van der Waals surface area contributed by atoms with Gasteiger partial charge in [-0.15, -0.1) is 0 Å². The van der Waals surface area contributed by atoms with Crippen LogP contribution in [0.4, 0.5) is 4.79 Å². The van der Waals surface area contributed by atoms with E-state index in [1.54, 1.807) is 4.90 Å². The van der Waals surface area contributed by atoms with Gasteiger partial charge in [0.15, 0.2) is 0 Å². The maximum Gasteiger partial charge on any atom is 0.410 e. The number of unbranched alkanes of at least 4 members (excludes halogenated alkanes) is 11. The van der Waals surface area contributed by atoms with Gasteiger partial charge in [-0.25, -0.2) is 4.79 Å². The minimum absolute atomic E-state index is 0.00482. The first kappa shape index (κ1) is 24.9. The number of hydrogen-bond donors (Lipinski definition) is 0. The molecule has 0 unspecified atom stereocenters. The van der Waals surface area contributed by atoms with E-state index in [1.807, 2.05) is 20.8 Å². The van der Waals surface area contributed by atoms with Gasteiger partial charge >= 0.3 is 6.09 Å². The number of ether oxygens (including phenoxy) is 1. The molecule has 0 aromatic carbocycles. The number of Topliss-reactive ketones (excluding diaryl/α,β-unsaturated/α-hetero) is 1. The van der Waals surface area contributed by atoms with Gasteiger partial charge in [0.2, 0.25) is 0 Å². The van der Waals surface area contributed by atoms with Crippen LogP contribution in [-0.4, -0.2) is 35.5 Å². The number of nitrogens with zero attached hydrogens (tertiary/aromatic N) is 1. The van der Waals surface area contributed by atoms with E-state index in [2.05, 4.69) is 6.92 Å². The van der Waals surface area contributed by atoms with Crippen LogP contribution in [-0.2, 0) is 9.53 Å². The van der Waals surface area contributed by atoms with Crippen molar-refractivity contribution >= 4 is 11.9 Å². The quantitative estimate of drug-likeness (QED) is 0.309. The van der Waals surface area contributed by atoms with Crippen LogP contribution in [0.5, 0.6) is 0 Å². The van der Waals surface area contributed by atoms with E-state index in [1.165, 1.54) is 71.1 Å². The van der Waals surface area contributed by atoms with Crippen LogP contribution < -0.4 is 0 Å². The number of rotatable bonds is 15. The van der Waals surface area contributed by atoms with Crippen LogP contribution in [0.3, 0.4) is 0 Å². The third-order valence-corrected chi connectivity index (χ3v) is 4.35. The van der Waals surface area contributed by atoms with Crippen LogP contribution >= 0.6 is 0 Å². The number of amides is 1. The normalized spacial score (nSPS) is 11.4. The third-order valence-electron chi connectivity index (χ3n) is 4.35. The Morgan fingerprint density at radius 2 is 1.19 bits per heavy atom. The van der Waals surface area contributed by atoms with Crippen molar-refractivity contribution in [3.8, 4) is 0 Å². The summed E-state index contributed by atoms with van der Waals surface area (Å²) in [6, 6.07) is 0. The summed E-state index contributed by atoms with van der Waals surface area (Å²) in [4.78, 5) is 25.1. The lowest BCUT2D eigenvalue weighted by Crippen LogP contribution is -2.39. The lowest BCUT2D eigenvalue weighted by atomic mass is 10.1. The first-order valence-corrected chi connectivity index (χ1v) is 10.7. The molecule has 0 aliphatic carbocycles. The highest BCUT2D eigenvalue weighted by Gasteiger charge is 2.22. The lowest BCUT2D eigenvalue weighted by molar-refractivity contribution is -0.118. The van der Waals surface area contributed by atoms with Crippen molar-refractivity contribution in [1.29, 1.82) is 0 Å².